The molecule has 2 aromatic carbocycles. The Kier molecular flexibility index (Phi) is 6.06. The third-order valence-electron chi connectivity index (χ3n) is 3.42. The number of ether oxygens (including phenoxy) is 1. The van der Waals surface area contributed by atoms with E-state index in [2.05, 4.69) is 5.32 Å². The van der Waals surface area contributed by atoms with Gasteiger partial charge in [0.15, 0.2) is 6.10 Å². The number of esters is 1. The zero-order valence-electron chi connectivity index (χ0n) is 13.8. The van der Waals surface area contributed by atoms with Crippen molar-refractivity contribution in [2.24, 2.45) is 5.14 Å². The number of primary sulfonamides is 1. The molecule has 3 N–H and O–H groups in total. The summed E-state index contributed by atoms with van der Waals surface area (Å²) in [5, 5.41) is 7.46. The number of amides is 1. The monoisotopic (exact) mass is 380 g/mol. The summed E-state index contributed by atoms with van der Waals surface area (Å²) in [6.07, 6.45) is -1.42. The maximum atomic E-state index is 13.5. The highest BCUT2D eigenvalue weighted by atomic mass is 32.2. The van der Waals surface area contributed by atoms with Gasteiger partial charge in [0.1, 0.15) is 5.82 Å². The van der Waals surface area contributed by atoms with Crippen LogP contribution in [0.5, 0.6) is 0 Å². The first kappa shape index (κ1) is 19.5. The molecule has 0 saturated heterocycles. The molecule has 1 amide bonds. The molecule has 26 heavy (non-hydrogen) atoms. The first-order chi connectivity index (χ1) is 12.2. The Hall–Kier alpha value is -2.78. The molecule has 1 atom stereocenters. The van der Waals surface area contributed by atoms with Gasteiger partial charge in [0.25, 0.3) is 5.91 Å². The predicted octanol–water partition coefficient (Wildman–Crippen LogP) is 1.59. The zero-order chi connectivity index (χ0) is 19.3. The maximum Gasteiger partial charge on any atom is 0.311 e. The predicted molar refractivity (Wildman–Crippen MR) is 92.1 cm³/mol. The van der Waals surface area contributed by atoms with E-state index in [1.807, 2.05) is 0 Å². The van der Waals surface area contributed by atoms with Gasteiger partial charge < -0.3 is 10.1 Å². The van der Waals surface area contributed by atoms with Crippen LogP contribution in [-0.2, 0) is 30.8 Å². The molecule has 0 aromatic heterocycles. The summed E-state index contributed by atoms with van der Waals surface area (Å²) in [5.41, 5.74) is 0.475. The van der Waals surface area contributed by atoms with Crippen LogP contribution in [0.4, 0.5) is 10.1 Å². The van der Waals surface area contributed by atoms with Gasteiger partial charge in [-0.2, -0.15) is 0 Å². The van der Waals surface area contributed by atoms with E-state index in [9.17, 15) is 22.4 Å². The molecule has 0 bridgehead atoms. The maximum absolute atomic E-state index is 13.5. The van der Waals surface area contributed by atoms with E-state index in [0.717, 1.165) is 0 Å². The van der Waals surface area contributed by atoms with Crippen molar-refractivity contribution in [3.05, 3.63) is 59.9 Å². The molecule has 0 aliphatic carbocycles. The van der Waals surface area contributed by atoms with Crippen LogP contribution in [0.1, 0.15) is 12.5 Å². The molecule has 0 radical (unpaired) electrons. The van der Waals surface area contributed by atoms with Crippen LogP contribution < -0.4 is 10.5 Å². The van der Waals surface area contributed by atoms with Crippen molar-refractivity contribution < 1.29 is 27.1 Å². The largest absolute Gasteiger partial charge is 0.452 e. The minimum absolute atomic E-state index is 0.0973. The molecule has 0 heterocycles. The second kappa shape index (κ2) is 8.07. The van der Waals surface area contributed by atoms with E-state index in [1.54, 1.807) is 6.07 Å². The van der Waals surface area contributed by atoms with Crippen LogP contribution in [0.2, 0.25) is 0 Å². The van der Waals surface area contributed by atoms with E-state index in [1.165, 1.54) is 49.4 Å². The fourth-order valence-electron chi connectivity index (χ4n) is 2.06. The van der Waals surface area contributed by atoms with Gasteiger partial charge in [0, 0.05) is 5.69 Å². The van der Waals surface area contributed by atoms with Crippen molar-refractivity contribution >= 4 is 27.6 Å². The van der Waals surface area contributed by atoms with Gasteiger partial charge >= 0.3 is 5.97 Å². The second-order valence-electron chi connectivity index (χ2n) is 5.46. The van der Waals surface area contributed by atoms with Crippen LogP contribution in [-0.4, -0.2) is 26.4 Å². The molecule has 2 rings (SSSR count). The normalized spacial score (nSPS) is 12.3. The number of benzene rings is 2. The van der Waals surface area contributed by atoms with Crippen molar-refractivity contribution in [3.8, 4) is 0 Å². The fourth-order valence-corrected chi connectivity index (χ4v) is 2.58. The summed E-state index contributed by atoms with van der Waals surface area (Å²) in [6, 6.07) is 10.9. The SMILES string of the molecule is C[C@H](OC(=O)Cc1ccccc1F)C(=O)Nc1ccc(S(N)(=O)=O)cc1. The molecule has 9 heteroatoms. The number of halogens is 1. The van der Waals surface area contributed by atoms with Crippen molar-refractivity contribution in [3.63, 3.8) is 0 Å². The first-order valence-electron chi connectivity index (χ1n) is 7.53. The Labute approximate surface area is 150 Å². The van der Waals surface area contributed by atoms with E-state index in [4.69, 9.17) is 9.88 Å². The lowest BCUT2D eigenvalue weighted by Crippen LogP contribution is -2.30. The average Bonchev–Trinajstić information content (AvgIpc) is 2.56. The van der Waals surface area contributed by atoms with Crippen molar-refractivity contribution in [2.45, 2.75) is 24.3 Å². The Morgan fingerprint density at radius 3 is 2.35 bits per heavy atom. The number of carbonyl (C=O) groups excluding carboxylic acids is 2. The number of nitrogens with one attached hydrogen (secondary N) is 1. The molecule has 0 saturated carbocycles. The number of carbonyl (C=O) groups is 2. The van der Waals surface area contributed by atoms with Crippen LogP contribution in [0, 0.1) is 5.82 Å². The standard InChI is InChI=1S/C17H17FN2O5S/c1-11(25-16(21)10-12-4-2-3-5-15(12)18)17(22)20-13-6-8-14(9-7-13)26(19,23)24/h2-9,11H,10H2,1H3,(H,20,22)(H2,19,23,24)/t11-/m0/s1. The molecule has 0 aliphatic heterocycles. The Morgan fingerprint density at radius 1 is 1.15 bits per heavy atom. The van der Waals surface area contributed by atoms with Gasteiger partial charge in [-0.05, 0) is 42.8 Å². The van der Waals surface area contributed by atoms with E-state index in [-0.39, 0.29) is 16.9 Å². The minimum Gasteiger partial charge on any atom is -0.452 e. The molecular formula is C17H17FN2O5S. The highest BCUT2D eigenvalue weighted by molar-refractivity contribution is 7.89. The van der Waals surface area contributed by atoms with Crippen molar-refractivity contribution in [1.29, 1.82) is 0 Å². The molecule has 7 nitrogen and oxygen atoms in total. The number of rotatable bonds is 6. The molecule has 0 unspecified atom stereocenters. The smallest absolute Gasteiger partial charge is 0.311 e. The lowest BCUT2D eigenvalue weighted by molar-refractivity contribution is -0.152. The van der Waals surface area contributed by atoms with Crippen molar-refractivity contribution in [1.82, 2.24) is 0 Å². The molecule has 0 aliphatic rings. The molecule has 2 aromatic rings. The summed E-state index contributed by atoms with van der Waals surface area (Å²) >= 11 is 0. The van der Waals surface area contributed by atoms with E-state index in [0.29, 0.717) is 5.69 Å². The fraction of sp³-hybridized carbons (Fsp3) is 0.176. The molecule has 0 spiro atoms. The lowest BCUT2D eigenvalue weighted by Gasteiger charge is -2.14. The van der Waals surface area contributed by atoms with Crippen LogP contribution in [0.3, 0.4) is 0 Å². The highest BCUT2D eigenvalue weighted by Crippen LogP contribution is 2.14. The lowest BCUT2D eigenvalue weighted by atomic mass is 10.1. The Bertz CT molecular complexity index is 913. The summed E-state index contributed by atoms with van der Waals surface area (Å²) in [4.78, 5) is 23.8. The minimum atomic E-state index is -3.83. The average molecular weight is 380 g/mol. The van der Waals surface area contributed by atoms with Crippen LogP contribution in [0.15, 0.2) is 53.4 Å². The summed E-state index contributed by atoms with van der Waals surface area (Å²) in [5.74, 6) is -1.89. The third-order valence-corrected chi connectivity index (χ3v) is 4.35. The number of anilines is 1. The van der Waals surface area contributed by atoms with Crippen LogP contribution in [0.25, 0.3) is 0 Å². The highest BCUT2D eigenvalue weighted by Gasteiger charge is 2.19. The second-order valence-corrected chi connectivity index (χ2v) is 7.02. The number of nitrogens with two attached hydrogens (primary N) is 1. The van der Waals surface area contributed by atoms with E-state index < -0.39 is 33.8 Å². The first-order valence-corrected chi connectivity index (χ1v) is 9.08. The Morgan fingerprint density at radius 2 is 1.77 bits per heavy atom. The molecular weight excluding hydrogens is 363 g/mol. The number of sulfonamides is 1. The summed E-state index contributed by atoms with van der Waals surface area (Å²) in [6.45, 7) is 1.37. The van der Waals surface area contributed by atoms with Gasteiger partial charge in [-0.25, -0.2) is 17.9 Å². The molecule has 138 valence electrons. The van der Waals surface area contributed by atoms with E-state index >= 15 is 0 Å². The third kappa shape index (κ3) is 5.36. The number of hydrogen-bond donors (Lipinski definition) is 2. The summed E-state index contributed by atoms with van der Waals surface area (Å²) in [7, 11) is -3.83. The Balaban J connectivity index is 1.93. The molecule has 0 fully saturated rings. The number of hydrogen-bond acceptors (Lipinski definition) is 5. The van der Waals surface area contributed by atoms with Gasteiger partial charge in [-0.1, -0.05) is 18.2 Å². The van der Waals surface area contributed by atoms with Gasteiger partial charge in [0.2, 0.25) is 10.0 Å². The van der Waals surface area contributed by atoms with Gasteiger partial charge in [-0.15, -0.1) is 0 Å². The topological polar surface area (TPSA) is 116 Å². The van der Waals surface area contributed by atoms with Crippen molar-refractivity contribution in [2.75, 3.05) is 5.32 Å². The zero-order valence-corrected chi connectivity index (χ0v) is 14.6. The van der Waals surface area contributed by atoms with Gasteiger partial charge in [-0.3, -0.25) is 9.59 Å². The van der Waals surface area contributed by atoms with Gasteiger partial charge in [0.05, 0.1) is 11.3 Å². The van der Waals surface area contributed by atoms with Crippen LogP contribution >= 0.6 is 0 Å². The summed E-state index contributed by atoms with van der Waals surface area (Å²) < 4.78 is 40.9. The quantitative estimate of drug-likeness (QED) is 0.739.